The average Bonchev–Trinajstić information content (AvgIpc) is 2.97. The van der Waals surface area contributed by atoms with Gasteiger partial charge in [0.05, 0.1) is 18.8 Å². The van der Waals surface area contributed by atoms with Crippen molar-refractivity contribution in [3.05, 3.63) is 49.6 Å². The molecule has 29 heavy (non-hydrogen) atoms. The highest BCUT2D eigenvalue weighted by Crippen LogP contribution is 2.27. The molecule has 1 atom stereocenters. The number of hydrogen-bond donors (Lipinski definition) is 2. The Morgan fingerprint density at radius 1 is 1.28 bits per heavy atom. The smallest absolute Gasteiger partial charge is 0.333 e. The first-order valence-electron chi connectivity index (χ1n) is 9.10. The zero-order valence-electron chi connectivity index (χ0n) is 16.2. The summed E-state index contributed by atoms with van der Waals surface area (Å²) in [5, 5.41) is 5.86. The monoisotopic (exact) mass is 420 g/mol. The highest BCUT2D eigenvalue weighted by molar-refractivity contribution is 6.31. The van der Waals surface area contributed by atoms with Crippen molar-refractivity contribution in [1.29, 1.82) is 0 Å². The minimum absolute atomic E-state index is 0.0984. The van der Waals surface area contributed by atoms with Crippen LogP contribution < -0.4 is 26.6 Å². The van der Waals surface area contributed by atoms with Gasteiger partial charge in [-0.25, -0.2) is 9.36 Å². The van der Waals surface area contributed by atoms with Crippen LogP contribution in [0.25, 0.3) is 0 Å². The van der Waals surface area contributed by atoms with E-state index in [1.807, 2.05) is 6.92 Å². The van der Waals surface area contributed by atoms with Crippen molar-refractivity contribution in [2.24, 2.45) is 0 Å². The van der Waals surface area contributed by atoms with Crippen LogP contribution in [-0.2, 0) is 17.9 Å². The third-order valence-electron chi connectivity index (χ3n) is 4.61. The van der Waals surface area contributed by atoms with Gasteiger partial charge in [-0.15, -0.1) is 0 Å². The summed E-state index contributed by atoms with van der Waals surface area (Å²) in [6, 6.07) is 4.07. The number of anilines is 2. The second-order valence-corrected chi connectivity index (χ2v) is 7.11. The molecule has 1 aliphatic heterocycles. The molecule has 10 heteroatoms. The number of fused-ring (bicyclic) bond motifs is 1. The number of nitrogens with zero attached hydrogens (tertiary/aromatic N) is 2. The van der Waals surface area contributed by atoms with Crippen LogP contribution in [0.5, 0.6) is 5.75 Å². The number of halogens is 1. The van der Waals surface area contributed by atoms with E-state index in [0.717, 1.165) is 4.57 Å². The number of ether oxygens (including phenoxy) is 1. The summed E-state index contributed by atoms with van der Waals surface area (Å²) >= 11 is 5.96. The molecule has 0 fully saturated rings. The normalized spacial score (nSPS) is 15.0. The summed E-state index contributed by atoms with van der Waals surface area (Å²) in [5.41, 5.74) is -1.23. The van der Waals surface area contributed by atoms with Gasteiger partial charge in [0.25, 0.3) is 5.56 Å². The van der Waals surface area contributed by atoms with Crippen molar-refractivity contribution in [3.8, 4) is 5.75 Å². The maximum Gasteiger partial charge on any atom is 0.333 e. The molecule has 3 rings (SSSR count). The molecule has 1 unspecified atom stereocenters. The van der Waals surface area contributed by atoms with E-state index in [1.165, 1.54) is 17.7 Å². The van der Waals surface area contributed by atoms with E-state index in [4.69, 9.17) is 16.3 Å². The topological polar surface area (TPSA) is 111 Å². The molecule has 0 saturated carbocycles. The predicted molar refractivity (Wildman–Crippen MR) is 109 cm³/mol. The summed E-state index contributed by atoms with van der Waals surface area (Å²) in [7, 11) is 1.44. The molecule has 2 N–H and O–H groups in total. The lowest BCUT2D eigenvalue weighted by atomic mass is 10.1. The maximum absolute atomic E-state index is 12.9. The lowest BCUT2D eigenvalue weighted by molar-refractivity contribution is -0.116. The number of methoxy groups -OCH3 is 1. The zero-order valence-corrected chi connectivity index (χ0v) is 17.0. The Labute approximate surface area is 171 Å². The minimum atomic E-state index is -0.785. The fraction of sp³-hybridized carbons (Fsp3) is 0.368. The molecular formula is C19H21ClN4O5. The summed E-state index contributed by atoms with van der Waals surface area (Å²) in [6.45, 7) is 3.24. The standard InChI is InChI=1S/C19H21ClN4O5/c1-4-7-23-17-15(16(26)10(2)21-17)18(27)24(19(23)28)9-14(25)22-12-8-11(20)5-6-13(12)29-3/h5-6,8,10,21H,4,7,9H2,1-3H3,(H,22,25). The van der Waals surface area contributed by atoms with E-state index in [1.54, 1.807) is 19.1 Å². The molecule has 154 valence electrons. The summed E-state index contributed by atoms with van der Waals surface area (Å²) < 4.78 is 7.28. The van der Waals surface area contributed by atoms with Crippen molar-refractivity contribution >= 4 is 34.8 Å². The highest BCUT2D eigenvalue weighted by atomic mass is 35.5. The Kier molecular flexibility index (Phi) is 5.78. The number of benzene rings is 1. The molecule has 0 bridgehead atoms. The summed E-state index contributed by atoms with van der Waals surface area (Å²) in [4.78, 5) is 50.7. The second-order valence-electron chi connectivity index (χ2n) is 6.67. The Hall–Kier alpha value is -3.07. The van der Waals surface area contributed by atoms with Crippen LogP contribution in [0.2, 0.25) is 5.02 Å². The number of carbonyl (C=O) groups is 2. The van der Waals surface area contributed by atoms with Gasteiger partial charge in [0.15, 0.2) is 5.78 Å². The van der Waals surface area contributed by atoms with Gasteiger partial charge in [-0.2, -0.15) is 0 Å². The number of hydrogen-bond acceptors (Lipinski definition) is 6. The molecule has 1 aromatic carbocycles. The molecule has 1 aliphatic rings. The van der Waals surface area contributed by atoms with E-state index >= 15 is 0 Å². The number of ketones is 1. The van der Waals surface area contributed by atoms with Crippen molar-refractivity contribution in [3.63, 3.8) is 0 Å². The lowest BCUT2D eigenvalue weighted by Crippen LogP contribution is -2.44. The van der Waals surface area contributed by atoms with Gasteiger partial charge in [-0.05, 0) is 31.5 Å². The van der Waals surface area contributed by atoms with Crippen LogP contribution in [-0.4, -0.2) is 34.0 Å². The third-order valence-corrected chi connectivity index (χ3v) is 4.84. The van der Waals surface area contributed by atoms with Gasteiger partial charge in [-0.3, -0.25) is 19.0 Å². The van der Waals surface area contributed by atoms with Gasteiger partial charge >= 0.3 is 5.69 Å². The van der Waals surface area contributed by atoms with Crippen LogP contribution in [0.1, 0.15) is 30.6 Å². The van der Waals surface area contributed by atoms with Crippen LogP contribution in [0, 0.1) is 0 Å². The van der Waals surface area contributed by atoms with Crippen molar-refractivity contribution in [2.45, 2.75) is 39.4 Å². The van der Waals surface area contributed by atoms with Gasteiger partial charge in [0.1, 0.15) is 23.7 Å². The number of amides is 1. The largest absolute Gasteiger partial charge is 0.495 e. The molecule has 0 radical (unpaired) electrons. The van der Waals surface area contributed by atoms with E-state index in [2.05, 4.69) is 10.6 Å². The number of rotatable bonds is 6. The summed E-state index contributed by atoms with van der Waals surface area (Å²) in [6.07, 6.45) is 0.612. The first kappa shape index (κ1) is 20.7. The molecule has 1 amide bonds. The fourth-order valence-electron chi connectivity index (χ4n) is 3.24. The highest BCUT2D eigenvalue weighted by Gasteiger charge is 2.34. The van der Waals surface area contributed by atoms with Gasteiger partial charge in [0.2, 0.25) is 5.91 Å². The van der Waals surface area contributed by atoms with E-state index in [-0.39, 0.29) is 11.4 Å². The molecule has 1 aromatic heterocycles. The zero-order chi connectivity index (χ0) is 21.3. The Balaban J connectivity index is 2.00. The molecule has 0 spiro atoms. The number of nitrogens with one attached hydrogen (secondary N) is 2. The minimum Gasteiger partial charge on any atom is -0.495 e. The number of Topliss-reactive ketones (excluding diaryl/α,β-unsaturated/α-hetero) is 1. The van der Waals surface area contributed by atoms with Crippen molar-refractivity contribution < 1.29 is 14.3 Å². The maximum atomic E-state index is 12.9. The second kappa shape index (κ2) is 8.12. The first-order valence-corrected chi connectivity index (χ1v) is 9.48. The number of carbonyl (C=O) groups excluding carboxylic acids is 2. The van der Waals surface area contributed by atoms with Crippen LogP contribution in [0.3, 0.4) is 0 Å². The van der Waals surface area contributed by atoms with E-state index < -0.39 is 35.5 Å². The van der Waals surface area contributed by atoms with E-state index in [0.29, 0.717) is 29.4 Å². The van der Waals surface area contributed by atoms with Gasteiger partial charge in [0, 0.05) is 11.6 Å². The molecule has 0 saturated heterocycles. The van der Waals surface area contributed by atoms with Crippen molar-refractivity contribution in [2.75, 3.05) is 17.7 Å². The molecular weight excluding hydrogens is 400 g/mol. The molecule has 2 aromatic rings. The van der Waals surface area contributed by atoms with Crippen LogP contribution >= 0.6 is 11.6 Å². The van der Waals surface area contributed by atoms with Gasteiger partial charge in [-0.1, -0.05) is 18.5 Å². The lowest BCUT2D eigenvalue weighted by Gasteiger charge is -2.15. The Morgan fingerprint density at radius 2 is 2.00 bits per heavy atom. The fourth-order valence-corrected chi connectivity index (χ4v) is 3.41. The van der Waals surface area contributed by atoms with Crippen molar-refractivity contribution in [1.82, 2.24) is 9.13 Å². The Morgan fingerprint density at radius 3 is 2.66 bits per heavy atom. The third kappa shape index (κ3) is 3.77. The van der Waals surface area contributed by atoms with Crippen LogP contribution in [0.4, 0.5) is 11.5 Å². The average molecular weight is 421 g/mol. The molecule has 9 nitrogen and oxygen atoms in total. The molecule has 2 heterocycles. The van der Waals surface area contributed by atoms with Gasteiger partial charge < -0.3 is 15.4 Å². The summed E-state index contributed by atoms with van der Waals surface area (Å²) in [5.74, 6) is -0.437. The van der Waals surface area contributed by atoms with E-state index in [9.17, 15) is 19.2 Å². The Bertz CT molecular complexity index is 1100. The molecule has 0 aliphatic carbocycles. The SMILES string of the molecule is CCCn1c2c(c(=O)n(CC(=O)Nc3cc(Cl)ccc3OC)c1=O)C(=O)C(C)N2. The number of aromatic nitrogens is 2. The quantitative estimate of drug-likeness (QED) is 0.736. The first-order chi connectivity index (χ1) is 13.8. The predicted octanol–water partition coefficient (Wildman–Crippen LogP) is 1.72. The van der Waals surface area contributed by atoms with Crippen LogP contribution in [0.15, 0.2) is 27.8 Å².